The summed E-state index contributed by atoms with van der Waals surface area (Å²) in [7, 11) is 5.27. The van der Waals surface area contributed by atoms with Crippen molar-refractivity contribution in [1.82, 2.24) is 9.88 Å². The topological polar surface area (TPSA) is 63.7 Å². The summed E-state index contributed by atoms with van der Waals surface area (Å²) in [6, 6.07) is 13.3. The van der Waals surface area contributed by atoms with Crippen molar-refractivity contribution in [1.29, 1.82) is 0 Å². The van der Waals surface area contributed by atoms with Crippen LogP contribution in [0.5, 0.6) is 11.5 Å². The van der Waals surface area contributed by atoms with Gasteiger partial charge in [0.15, 0.2) is 11.5 Å². The lowest BCUT2D eigenvalue weighted by Gasteiger charge is -2.22. The maximum absolute atomic E-state index is 13.2. The molecular formula is C24H23N3O3S2. The average molecular weight is 466 g/mol. The number of ether oxygens (including phenoxy) is 2. The molecule has 1 aliphatic heterocycles. The number of amides is 1. The molecule has 3 heterocycles. The molecule has 1 aliphatic rings. The molecule has 32 heavy (non-hydrogen) atoms. The largest absolute Gasteiger partial charge is 0.493 e. The number of hydrogen-bond donors (Lipinski definition) is 1. The van der Waals surface area contributed by atoms with E-state index >= 15 is 0 Å². The van der Waals surface area contributed by atoms with E-state index in [1.807, 2.05) is 18.2 Å². The molecule has 2 aromatic carbocycles. The van der Waals surface area contributed by atoms with Gasteiger partial charge in [-0.15, -0.1) is 22.7 Å². The van der Waals surface area contributed by atoms with E-state index in [9.17, 15) is 4.79 Å². The van der Waals surface area contributed by atoms with Crippen molar-refractivity contribution >= 4 is 43.8 Å². The van der Waals surface area contributed by atoms with Gasteiger partial charge in [0.25, 0.3) is 5.91 Å². The minimum atomic E-state index is -0.180. The zero-order valence-electron chi connectivity index (χ0n) is 18.1. The Kier molecular flexibility index (Phi) is 5.58. The molecule has 0 spiro atoms. The molecule has 0 fully saturated rings. The van der Waals surface area contributed by atoms with Gasteiger partial charge in [-0.1, -0.05) is 12.1 Å². The first-order chi connectivity index (χ1) is 15.6. The fraction of sp³-hybridized carbons (Fsp3) is 0.250. The molecule has 1 amide bonds. The van der Waals surface area contributed by atoms with Gasteiger partial charge in [0.2, 0.25) is 0 Å². The van der Waals surface area contributed by atoms with Crippen LogP contribution in [0.1, 0.15) is 20.8 Å². The molecule has 0 saturated heterocycles. The number of rotatable bonds is 5. The molecule has 1 N–H and O–H groups in total. The second kappa shape index (κ2) is 8.54. The minimum Gasteiger partial charge on any atom is -0.493 e. The van der Waals surface area contributed by atoms with E-state index in [2.05, 4.69) is 23.3 Å². The molecule has 0 saturated carbocycles. The molecule has 2 aromatic heterocycles. The van der Waals surface area contributed by atoms with Crippen molar-refractivity contribution in [3.05, 3.63) is 58.5 Å². The van der Waals surface area contributed by atoms with E-state index in [-0.39, 0.29) is 5.91 Å². The van der Waals surface area contributed by atoms with E-state index in [1.165, 1.54) is 10.4 Å². The predicted octanol–water partition coefficient (Wildman–Crippen LogP) is 5.28. The number of anilines is 1. The zero-order valence-corrected chi connectivity index (χ0v) is 19.7. The fourth-order valence-corrected chi connectivity index (χ4v) is 6.41. The number of nitrogens with one attached hydrogen (secondary N) is 1. The summed E-state index contributed by atoms with van der Waals surface area (Å²) in [6.07, 6.45) is 0.944. The third kappa shape index (κ3) is 3.74. The molecule has 0 aliphatic carbocycles. The summed E-state index contributed by atoms with van der Waals surface area (Å²) in [5.41, 5.74) is 3.86. The van der Waals surface area contributed by atoms with Crippen LogP contribution in [0.15, 0.2) is 42.5 Å². The SMILES string of the molecule is COc1ccc(C(=O)Nc2sc3c(c2-c2nc4ccccc4s2)CCN(C)C3)cc1OC. The third-order valence-corrected chi connectivity index (χ3v) is 7.81. The summed E-state index contributed by atoms with van der Waals surface area (Å²) < 4.78 is 11.8. The lowest BCUT2D eigenvalue weighted by atomic mass is 10.0. The quantitative estimate of drug-likeness (QED) is 0.434. The maximum Gasteiger partial charge on any atom is 0.256 e. The molecule has 5 rings (SSSR count). The Bertz CT molecular complexity index is 1280. The number of methoxy groups -OCH3 is 2. The molecule has 4 aromatic rings. The Morgan fingerprint density at radius 3 is 2.69 bits per heavy atom. The van der Waals surface area contributed by atoms with Crippen LogP contribution in [0.3, 0.4) is 0 Å². The summed E-state index contributed by atoms with van der Waals surface area (Å²) in [5, 5.41) is 4.97. The highest BCUT2D eigenvalue weighted by atomic mass is 32.1. The Morgan fingerprint density at radius 1 is 1.09 bits per heavy atom. The molecule has 0 unspecified atom stereocenters. The number of fused-ring (bicyclic) bond motifs is 2. The lowest BCUT2D eigenvalue weighted by Crippen LogP contribution is -2.25. The van der Waals surface area contributed by atoms with Crippen molar-refractivity contribution in [3.8, 4) is 22.1 Å². The normalized spacial score (nSPS) is 13.7. The molecule has 164 valence electrons. The highest BCUT2D eigenvalue weighted by molar-refractivity contribution is 7.23. The van der Waals surface area contributed by atoms with Crippen molar-refractivity contribution in [3.63, 3.8) is 0 Å². The summed E-state index contributed by atoms with van der Waals surface area (Å²) >= 11 is 3.32. The van der Waals surface area contributed by atoms with E-state index in [0.717, 1.165) is 45.3 Å². The van der Waals surface area contributed by atoms with Crippen molar-refractivity contribution < 1.29 is 14.3 Å². The second-order valence-corrected chi connectivity index (χ2v) is 9.84. The highest BCUT2D eigenvalue weighted by Gasteiger charge is 2.27. The van der Waals surface area contributed by atoms with Gasteiger partial charge in [0, 0.05) is 29.1 Å². The molecular weight excluding hydrogens is 442 g/mol. The van der Waals surface area contributed by atoms with Gasteiger partial charge in [-0.25, -0.2) is 4.98 Å². The smallest absolute Gasteiger partial charge is 0.256 e. The first kappa shape index (κ1) is 20.9. The number of likely N-dealkylation sites (N-methyl/N-ethyl adjacent to an activating group) is 1. The number of hydrogen-bond acceptors (Lipinski definition) is 7. The summed E-state index contributed by atoms with van der Waals surface area (Å²) in [4.78, 5) is 21.7. The van der Waals surface area contributed by atoms with Gasteiger partial charge < -0.3 is 19.7 Å². The number of thiazole rings is 1. The van der Waals surface area contributed by atoms with Crippen LogP contribution in [0, 0.1) is 0 Å². The number of carbonyl (C=O) groups is 1. The number of para-hydroxylation sites is 1. The first-order valence-electron chi connectivity index (χ1n) is 10.3. The standard InChI is InChI=1S/C24H23N3O3S2/c1-27-11-10-15-20(13-27)32-24(21(15)23-25-16-6-4-5-7-19(16)31-23)26-22(28)14-8-9-17(29-2)18(12-14)30-3/h4-9,12H,10-11,13H2,1-3H3,(H,26,28). The monoisotopic (exact) mass is 465 g/mol. The molecule has 8 heteroatoms. The second-order valence-electron chi connectivity index (χ2n) is 7.71. The van der Waals surface area contributed by atoms with Crippen molar-refractivity contribution in [2.24, 2.45) is 0 Å². The molecule has 6 nitrogen and oxygen atoms in total. The van der Waals surface area contributed by atoms with E-state index in [0.29, 0.717) is 17.1 Å². The van der Waals surface area contributed by atoms with E-state index in [1.54, 1.807) is 55.1 Å². The van der Waals surface area contributed by atoms with Crippen molar-refractivity contribution in [2.45, 2.75) is 13.0 Å². The Labute approximate surface area is 194 Å². The maximum atomic E-state index is 13.2. The molecule has 0 radical (unpaired) electrons. The van der Waals surface area contributed by atoms with Crippen molar-refractivity contribution in [2.75, 3.05) is 33.1 Å². The Balaban J connectivity index is 1.56. The van der Waals surface area contributed by atoms with Gasteiger partial charge in [-0.3, -0.25) is 4.79 Å². The third-order valence-electron chi connectivity index (χ3n) is 5.63. The minimum absolute atomic E-state index is 0.180. The van der Waals surface area contributed by atoms with Gasteiger partial charge in [0.05, 0.1) is 24.4 Å². The lowest BCUT2D eigenvalue weighted by molar-refractivity contribution is 0.102. The number of thiophene rings is 1. The highest BCUT2D eigenvalue weighted by Crippen LogP contribution is 2.45. The first-order valence-corrected chi connectivity index (χ1v) is 11.9. The Morgan fingerprint density at radius 2 is 1.91 bits per heavy atom. The fourth-order valence-electron chi connectivity index (χ4n) is 3.98. The summed E-state index contributed by atoms with van der Waals surface area (Å²) in [5.74, 6) is 0.938. The van der Waals surface area contributed by atoms with Crippen LogP contribution >= 0.6 is 22.7 Å². The van der Waals surface area contributed by atoms with Crippen LogP contribution in [0.25, 0.3) is 20.8 Å². The Hall–Kier alpha value is -2.94. The molecule has 0 atom stereocenters. The van der Waals surface area contributed by atoms with Crippen LogP contribution in [-0.4, -0.2) is 43.6 Å². The van der Waals surface area contributed by atoms with Gasteiger partial charge >= 0.3 is 0 Å². The van der Waals surface area contributed by atoms with Crippen LogP contribution in [0.2, 0.25) is 0 Å². The van der Waals surface area contributed by atoms with Gasteiger partial charge in [-0.2, -0.15) is 0 Å². The molecule has 0 bridgehead atoms. The summed E-state index contributed by atoms with van der Waals surface area (Å²) in [6.45, 7) is 1.87. The number of nitrogens with zero attached hydrogens (tertiary/aromatic N) is 2. The number of aromatic nitrogens is 1. The van der Waals surface area contributed by atoms with Gasteiger partial charge in [0.1, 0.15) is 10.0 Å². The van der Waals surface area contributed by atoms with E-state index in [4.69, 9.17) is 14.5 Å². The number of carbonyl (C=O) groups excluding carboxylic acids is 1. The average Bonchev–Trinajstić information content (AvgIpc) is 3.38. The predicted molar refractivity (Wildman–Crippen MR) is 130 cm³/mol. The number of benzene rings is 2. The zero-order chi connectivity index (χ0) is 22.2. The van der Waals surface area contributed by atoms with Gasteiger partial charge in [-0.05, 0) is 49.4 Å². The van der Waals surface area contributed by atoms with Crippen LogP contribution < -0.4 is 14.8 Å². The van der Waals surface area contributed by atoms with Crippen LogP contribution in [-0.2, 0) is 13.0 Å². The van der Waals surface area contributed by atoms with Crippen LogP contribution in [0.4, 0.5) is 5.00 Å². The van der Waals surface area contributed by atoms with E-state index < -0.39 is 0 Å².